The molecular formula is C16H13Cl2FN4O. The lowest BCUT2D eigenvalue weighted by Gasteiger charge is -2.28. The second-order valence-electron chi connectivity index (χ2n) is 5.78. The number of fused-ring (bicyclic) bond motifs is 1. The van der Waals surface area contributed by atoms with E-state index in [1.54, 1.807) is 35.5 Å². The van der Waals surface area contributed by atoms with Crippen LogP contribution in [-0.4, -0.2) is 29.1 Å². The third-order valence-electron chi connectivity index (χ3n) is 4.07. The lowest BCUT2D eigenvalue weighted by molar-refractivity contribution is -0.127. The van der Waals surface area contributed by atoms with Gasteiger partial charge >= 0.3 is 0 Å². The number of allylic oxidation sites excluding steroid dienone is 2. The Morgan fingerprint density at radius 2 is 2.08 bits per heavy atom. The van der Waals surface area contributed by atoms with E-state index in [2.05, 4.69) is 15.7 Å². The van der Waals surface area contributed by atoms with Gasteiger partial charge in [-0.25, -0.2) is 9.38 Å². The van der Waals surface area contributed by atoms with Gasteiger partial charge in [-0.2, -0.15) is 0 Å². The Morgan fingerprint density at radius 1 is 1.38 bits per heavy atom. The number of hydrazine groups is 1. The Hall–Kier alpha value is -2.05. The summed E-state index contributed by atoms with van der Waals surface area (Å²) in [7, 11) is 0. The molecule has 5 nitrogen and oxygen atoms in total. The van der Waals surface area contributed by atoms with E-state index in [1.807, 2.05) is 6.08 Å². The summed E-state index contributed by atoms with van der Waals surface area (Å²) < 4.78 is 13.0. The number of benzene rings is 1. The minimum atomic E-state index is -1.04. The summed E-state index contributed by atoms with van der Waals surface area (Å²) in [5.41, 5.74) is 4.08. The van der Waals surface area contributed by atoms with Crippen LogP contribution in [-0.2, 0) is 4.79 Å². The zero-order chi connectivity index (χ0) is 16.8. The fourth-order valence-corrected chi connectivity index (χ4v) is 3.26. The molecule has 1 unspecified atom stereocenters. The SMILES string of the molecule is O=C(NN1C=CC=C2NC(c3c(Cl)cccc3Cl)=NC21)[C@H]1C[C@H]1F. The van der Waals surface area contributed by atoms with Gasteiger partial charge in [0.2, 0.25) is 5.91 Å². The van der Waals surface area contributed by atoms with Gasteiger partial charge in [0.25, 0.3) is 0 Å². The molecule has 1 aromatic carbocycles. The smallest absolute Gasteiger partial charge is 0.244 e. The summed E-state index contributed by atoms with van der Waals surface area (Å²) in [5.74, 6) is -0.379. The molecule has 4 rings (SSSR count). The molecule has 1 aromatic rings. The number of nitrogens with one attached hydrogen (secondary N) is 2. The number of hydrogen-bond acceptors (Lipinski definition) is 4. The molecule has 3 atom stereocenters. The van der Waals surface area contributed by atoms with Crippen molar-refractivity contribution in [1.82, 2.24) is 15.8 Å². The maximum absolute atomic E-state index is 13.0. The first-order valence-electron chi connectivity index (χ1n) is 7.45. The van der Waals surface area contributed by atoms with Crippen LogP contribution in [0.1, 0.15) is 12.0 Å². The molecule has 0 radical (unpaired) electrons. The lowest BCUT2D eigenvalue weighted by atomic mass is 10.2. The number of alkyl halides is 1. The summed E-state index contributed by atoms with van der Waals surface area (Å²) in [4.78, 5) is 16.5. The van der Waals surface area contributed by atoms with Crippen molar-refractivity contribution in [2.45, 2.75) is 18.8 Å². The highest BCUT2D eigenvalue weighted by Gasteiger charge is 2.45. The molecule has 1 saturated carbocycles. The van der Waals surface area contributed by atoms with Gasteiger partial charge in [0.1, 0.15) is 12.0 Å². The number of hydrogen-bond donors (Lipinski definition) is 2. The van der Waals surface area contributed by atoms with Crippen LogP contribution in [0.4, 0.5) is 4.39 Å². The van der Waals surface area contributed by atoms with Gasteiger partial charge in [0.15, 0.2) is 6.17 Å². The van der Waals surface area contributed by atoms with Crippen LogP contribution in [0.5, 0.6) is 0 Å². The van der Waals surface area contributed by atoms with Crippen LogP contribution in [0.25, 0.3) is 0 Å². The van der Waals surface area contributed by atoms with E-state index >= 15 is 0 Å². The number of carbonyl (C=O) groups excluding carboxylic acids is 1. The average Bonchev–Trinajstić information content (AvgIpc) is 3.11. The van der Waals surface area contributed by atoms with E-state index < -0.39 is 18.3 Å². The normalized spacial score (nSPS) is 27.1. The van der Waals surface area contributed by atoms with Gasteiger partial charge in [-0.1, -0.05) is 29.3 Å². The highest BCUT2D eigenvalue weighted by atomic mass is 35.5. The number of halogens is 3. The van der Waals surface area contributed by atoms with Crippen molar-refractivity contribution in [2.24, 2.45) is 10.9 Å². The molecular weight excluding hydrogens is 354 g/mol. The van der Waals surface area contributed by atoms with Gasteiger partial charge in [-0.15, -0.1) is 0 Å². The maximum Gasteiger partial charge on any atom is 0.244 e. The van der Waals surface area contributed by atoms with Gasteiger partial charge in [0, 0.05) is 6.20 Å². The molecule has 2 aliphatic heterocycles. The van der Waals surface area contributed by atoms with Gasteiger partial charge in [-0.3, -0.25) is 15.2 Å². The summed E-state index contributed by atoms with van der Waals surface area (Å²) in [6.07, 6.45) is 4.08. The molecule has 0 aromatic heterocycles. The van der Waals surface area contributed by atoms with Gasteiger partial charge in [0.05, 0.1) is 27.2 Å². The molecule has 1 aliphatic carbocycles. The number of carbonyl (C=O) groups is 1. The fourth-order valence-electron chi connectivity index (χ4n) is 2.68. The number of amides is 1. The molecule has 1 amide bonds. The van der Waals surface area contributed by atoms with Crippen molar-refractivity contribution in [1.29, 1.82) is 0 Å². The molecule has 24 heavy (non-hydrogen) atoms. The summed E-state index contributed by atoms with van der Waals surface area (Å²) >= 11 is 12.5. The second kappa shape index (κ2) is 5.79. The fraction of sp³-hybridized carbons (Fsp3) is 0.250. The van der Waals surface area contributed by atoms with Crippen LogP contribution in [0, 0.1) is 5.92 Å². The first kappa shape index (κ1) is 15.5. The van der Waals surface area contributed by atoms with Gasteiger partial charge < -0.3 is 5.32 Å². The average molecular weight is 367 g/mol. The Kier molecular flexibility index (Phi) is 3.73. The molecule has 0 spiro atoms. The Bertz CT molecular complexity index is 787. The van der Waals surface area contributed by atoms with Crippen LogP contribution in [0.2, 0.25) is 10.0 Å². The molecule has 1 fully saturated rings. The Morgan fingerprint density at radius 3 is 2.75 bits per heavy atom. The molecule has 124 valence electrons. The van der Waals surface area contributed by atoms with Crippen LogP contribution in [0.3, 0.4) is 0 Å². The molecule has 8 heteroatoms. The Labute approximate surface area is 147 Å². The minimum Gasteiger partial charge on any atom is -0.340 e. The number of aliphatic imine (C=N–C) groups is 1. The molecule has 0 bridgehead atoms. The molecule has 2 N–H and O–H groups in total. The molecule has 0 saturated heterocycles. The van der Waals surface area contributed by atoms with Crippen molar-refractivity contribution in [3.63, 3.8) is 0 Å². The Balaban J connectivity index is 1.59. The summed E-state index contributed by atoms with van der Waals surface area (Å²) in [5, 5.41) is 5.68. The first-order chi connectivity index (χ1) is 11.5. The first-order valence-corrected chi connectivity index (χ1v) is 8.20. The van der Waals surface area contributed by atoms with Crippen molar-refractivity contribution >= 4 is 34.9 Å². The second-order valence-corrected chi connectivity index (χ2v) is 6.59. The van der Waals surface area contributed by atoms with Crippen molar-refractivity contribution in [3.05, 3.63) is 57.9 Å². The quantitative estimate of drug-likeness (QED) is 0.864. The van der Waals surface area contributed by atoms with Crippen LogP contribution >= 0.6 is 23.2 Å². The highest BCUT2D eigenvalue weighted by molar-refractivity contribution is 6.40. The monoisotopic (exact) mass is 366 g/mol. The predicted octanol–water partition coefficient (Wildman–Crippen LogP) is 2.77. The topological polar surface area (TPSA) is 56.7 Å². The van der Waals surface area contributed by atoms with Crippen LogP contribution < -0.4 is 10.7 Å². The molecule has 3 aliphatic rings. The zero-order valence-electron chi connectivity index (χ0n) is 12.3. The van der Waals surface area contributed by atoms with E-state index in [0.29, 0.717) is 21.4 Å². The maximum atomic E-state index is 13.0. The van der Waals surface area contributed by atoms with E-state index in [1.165, 1.54) is 0 Å². The van der Waals surface area contributed by atoms with E-state index in [0.717, 1.165) is 5.70 Å². The van der Waals surface area contributed by atoms with E-state index in [-0.39, 0.29) is 12.3 Å². The van der Waals surface area contributed by atoms with E-state index in [9.17, 15) is 9.18 Å². The van der Waals surface area contributed by atoms with Crippen molar-refractivity contribution in [2.75, 3.05) is 0 Å². The standard InChI is InChI=1S/C16H13Cl2FN4O/c17-9-3-1-4-10(18)13(9)14-20-12-5-2-6-23(15(12)21-14)22-16(24)8-7-11(8)19/h1-6,8,11,15H,7H2,(H,20,21)(H,22,24)/t8-,11+,15?/m0/s1. The summed E-state index contributed by atoms with van der Waals surface area (Å²) in [6.45, 7) is 0. The lowest BCUT2D eigenvalue weighted by Crippen LogP contribution is -2.46. The minimum absolute atomic E-state index is 0.277. The predicted molar refractivity (Wildman–Crippen MR) is 90.1 cm³/mol. The zero-order valence-corrected chi connectivity index (χ0v) is 13.9. The van der Waals surface area contributed by atoms with Crippen LogP contribution in [0.15, 0.2) is 47.2 Å². The van der Waals surface area contributed by atoms with Crippen molar-refractivity contribution < 1.29 is 9.18 Å². The van der Waals surface area contributed by atoms with Crippen molar-refractivity contribution in [3.8, 4) is 0 Å². The third-order valence-corrected chi connectivity index (χ3v) is 4.70. The van der Waals surface area contributed by atoms with Gasteiger partial charge in [-0.05, 0) is 30.7 Å². The number of rotatable bonds is 3. The van der Waals surface area contributed by atoms with E-state index in [4.69, 9.17) is 23.2 Å². The number of nitrogens with zero attached hydrogens (tertiary/aromatic N) is 2. The molecule has 2 heterocycles. The largest absolute Gasteiger partial charge is 0.340 e. The number of amidine groups is 1. The highest BCUT2D eigenvalue weighted by Crippen LogP contribution is 2.34. The third kappa shape index (κ3) is 2.65. The summed E-state index contributed by atoms with van der Waals surface area (Å²) in [6, 6.07) is 5.22.